The van der Waals surface area contributed by atoms with Gasteiger partial charge in [0.05, 0.1) is 70.5 Å². The molecule has 4 atom stereocenters. The van der Waals surface area contributed by atoms with Crippen LogP contribution in [0.5, 0.6) is 0 Å². The fourth-order valence-electron chi connectivity index (χ4n) is 6.86. The van der Waals surface area contributed by atoms with Gasteiger partial charge in [-0.05, 0) is 50.7 Å². The number of nitrogens with one attached hydrogen (secondary N) is 4. The molecule has 18 heteroatoms. The number of aromatic nitrogens is 6. The number of ether oxygens (including phenoxy) is 2. The van der Waals surface area contributed by atoms with Gasteiger partial charge >= 0.3 is 12.2 Å². The Kier molecular flexibility index (Phi) is 9.84. The largest absolute Gasteiger partial charge is 0.453 e. The number of hydrogen-bond acceptors (Lipinski definition) is 12. The summed E-state index contributed by atoms with van der Waals surface area (Å²) in [6.45, 7) is 6.58. The molecule has 274 valence electrons. The predicted octanol–water partition coefficient (Wildman–Crippen LogP) is 5.14. The smallest absolute Gasteiger partial charge is 0.407 e. The van der Waals surface area contributed by atoms with E-state index >= 15 is 0 Å². The van der Waals surface area contributed by atoms with Gasteiger partial charge in [-0.3, -0.25) is 9.59 Å². The van der Waals surface area contributed by atoms with Gasteiger partial charge in [0, 0.05) is 13.1 Å². The summed E-state index contributed by atoms with van der Waals surface area (Å²) < 4.78 is 11.3. The summed E-state index contributed by atoms with van der Waals surface area (Å²) in [6.07, 6.45) is 5.40. The van der Waals surface area contributed by atoms with Crippen LogP contribution in [0.3, 0.4) is 0 Å². The first-order valence-corrected chi connectivity index (χ1v) is 18.8. The van der Waals surface area contributed by atoms with Crippen LogP contribution in [0.4, 0.5) is 9.59 Å². The Morgan fingerprint density at radius 2 is 1.25 bits per heavy atom. The molecular formula is C34H40N10O6S2. The van der Waals surface area contributed by atoms with Crippen LogP contribution in [0.2, 0.25) is 0 Å². The number of nitrogens with zero attached hydrogens (tertiary/aromatic N) is 6. The molecule has 0 saturated carbocycles. The number of methoxy groups -OCH3 is 2. The maximum absolute atomic E-state index is 13.5. The number of alkyl carbamates (subject to hydrolysis) is 2. The van der Waals surface area contributed by atoms with Crippen molar-refractivity contribution in [2.75, 3.05) is 27.3 Å². The lowest BCUT2D eigenvalue weighted by Gasteiger charge is -2.29. The molecule has 4 N–H and O–H groups in total. The molecule has 2 aliphatic rings. The summed E-state index contributed by atoms with van der Waals surface area (Å²) in [6, 6.07) is 2.17. The Bertz CT molecular complexity index is 2090. The molecule has 6 heterocycles. The summed E-state index contributed by atoms with van der Waals surface area (Å²) in [7, 11) is 2.55. The van der Waals surface area contributed by atoms with Crippen LogP contribution in [0, 0.1) is 5.92 Å². The molecule has 2 aliphatic heterocycles. The van der Waals surface area contributed by atoms with Crippen molar-refractivity contribution in [3.8, 4) is 21.4 Å². The Labute approximate surface area is 306 Å². The van der Waals surface area contributed by atoms with E-state index in [0.29, 0.717) is 24.7 Å². The van der Waals surface area contributed by atoms with Crippen molar-refractivity contribution >= 4 is 67.1 Å². The van der Waals surface area contributed by atoms with Crippen molar-refractivity contribution in [3.63, 3.8) is 0 Å². The van der Waals surface area contributed by atoms with Crippen LogP contribution in [0.25, 0.3) is 41.8 Å². The van der Waals surface area contributed by atoms with Gasteiger partial charge in [0.15, 0.2) is 0 Å². The van der Waals surface area contributed by atoms with Crippen LogP contribution in [0.15, 0.2) is 24.5 Å². The number of carbonyl (C=O) groups is 4. The number of fused-ring (bicyclic) bond motifs is 2. The molecule has 7 rings (SSSR count). The standard InChI is InChI=1S/C34H40N10O6S2/c1-16(2)26(42-34(48)50-5)32(46)44-11-7-9-23(44)28-36-15-21(39-28)30-41-19-13-24-18(12-25(19)52-30)40-29(51-24)20-14-35-27(38-20)22-8-6-10-43(22)31(45)17(3)37-33(47)49-4/h12-17,22-23,26H,6-11H2,1-5H3,(H,35,38)(H,36,39)(H,37,47)(H,42,48)/t17-,22-,23-,26-/m0/s1. The maximum atomic E-state index is 13.5. The number of amides is 4. The molecule has 0 unspecified atom stereocenters. The lowest BCUT2D eigenvalue weighted by Crippen LogP contribution is -2.51. The van der Waals surface area contributed by atoms with E-state index in [4.69, 9.17) is 14.7 Å². The van der Waals surface area contributed by atoms with Crippen LogP contribution in [-0.4, -0.2) is 103 Å². The topological polar surface area (TPSA) is 200 Å². The zero-order valence-corrected chi connectivity index (χ0v) is 31.0. The predicted molar refractivity (Wildman–Crippen MR) is 195 cm³/mol. The van der Waals surface area contributed by atoms with E-state index in [0.717, 1.165) is 67.5 Å². The summed E-state index contributed by atoms with van der Waals surface area (Å²) in [4.78, 5) is 79.7. The van der Waals surface area contributed by atoms with E-state index in [9.17, 15) is 19.2 Å². The molecule has 4 aromatic heterocycles. The Morgan fingerprint density at radius 1 is 0.769 bits per heavy atom. The molecule has 0 radical (unpaired) electrons. The SMILES string of the molecule is COC(=O)N[C@@H](C)C(=O)N1CCC[C@H]1c1ncc(-c2nc3cc4sc(-c5cnc([C@@H]6CCCN6C(=O)[C@@H](NC(=O)OC)C(C)C)[nH]5)nc4cc3s2)[nH]1. The molecule has 0 bridgehead atoms. The zero-order valence-electron chi connectivity index (χ0n) is 29.4. The second kappa shape index (κ2) is 14.5. The van der Waals surface area contributed by atoms with Crippen molar-refractivity contribution in [2.24, 2.45) is 5.92 Å². The van der Waals surface area contributed by atoms with E-state index in [2.05, 4.69) is 35.3 Å². The number of benzene rings is 1. The van der Waals surface area contributed by atoms with Crippen LogP contribution >= 0.6 is 22.7 Å². The van der Waals surface area contributed by atoms with Gasteiger partial charge in [-0.25, -0.2) is 29.5 Å². The van der Waals surface area contributed by atoms with Gasteiger partial charge in [0.1, 0.15) is 33.7 Å². The Hall–Kier alpha value is -5.10. The first-order chi connectivity index (χ1) is 25.0. The number of thiazole rings is 2. The summed E-state index contributed by atoms with van der Waals surface area (Å²) in [5.74, 6) is 0.899. The second-order valence-electron chi connectivity index (χ2n) is 13.3. The van der Waals surface area contributed by atoms with E-state index < -0.39 is 24.3 Å². The number of hydrogen-bond donors (Lipinski definition) is 4. The zero-order chi connectivity index (χ0) is 36.7. The van der Waals surface area contributed by atoms with Crippen LogP contribution < -0.4 is 10.6 Å². The van der Waals surface area contributed by atoms with Gasteiger partial charge in [0.2, 0.25) is 11.8 Å². The lowest BCUT2D eigenvalue weighted by molar-refractivity contribution is -0.135. The number of imidazole rings is 2. The molecule has 2 fully saturated rings. The fraction of sp³-hybridized carbons (Fsp3) is 0.471. The summed E-state index contributed by atoms with van der Waals surface area (Å²) >= 11 is 3.06. The van der Waals surface area contributed by atoms with Crippen molar-refractivity contribution < 1.29 is 28.7 Å². The first-order valence-electron chi connectivity index (χ1n) is 17.2. The average molecular weight is 749 g/mol. The van der Waals surface area contributed by atoms with E-state index in [-0.39, 0.29) is 29.8 Å². The Morgan fingerprint density at radius 3 is 1.73 bits per heavy atom. The van der Waals surface area contributed by atoms with Crippen molar-refractivity contribution in [1.29, 1.82) is 0 Å². The van der Waals surface area contributed by atoms with E-state index in [1.807, 2.05) is 26.0 Å². The average Bonchev–Trinajstić information content (AvgIpc) is 3.97. The molecule has 16 nitrogen and oxygen atoms in total. The maximum Gasteiger partial charge on any atom is 0.407 e. The number of rotatable bonds is 9. The quantitative estimate of drug-likeness (QED) is 0.157. The number of aromatic amines is 2. The molecule has 52 heavy (non-hydrogen) atoms. The molecular weight excluding hydrogens is 709 g/mol. The minimum Gasteiger partial charge on any atom is -0.453 e. The molecule has 2 saturated heterocycles. The van der Waals surface area contributed by atoms with Gasteiger partial charge in [-0.15, -0.1) is 22.7 Å². The summed E-state index contributed by atoms with van der Waals surface area (Å²) in [5.41, 5.74) is 3.20. The van der Waals surface area contributed by atoms with E-state index in [1.54, 1.807) is 29.1 Å². The third kappa shape index (κ3) is 6.79. The van der Waals surface area contributed by atoms with Crippen LogP contribution in [0.1, 0.15) is 70.2 Å². The number of likely N-dealkylation sites (tertiary alicyclic amines) is 2. The van der Waals surface area contributed by atoms with E-state index in [1.165, 1.54) is 36.9 Å². The monoisotopic (exact) mass is 748 g/mol. The second-order valence-corrected chi connectivity index (χ2v) is 15.3. The van der Waals surface area contributed by atoms with Crippen molar-refractivity contribution in [3.05, 3.63) is 36.2 Å². The van der Waals surface area contributed by atoms with Crippen molar-refractivity contribution in [2.45, 2.75) is 70.6 Å². The number of H-pyrrole nitrogens is 2. The minimum atomic E-state index is -0.723. The third-order valence-corrected chi connectivity index (χ3v) is 11.6. The number of carbonyl (C=O) groups excluding carboxylic acids is 4. The highest BCUT2D eigenvalue weighted by molar-refractivity contribution is 7.23. The highest BCUT2D eigenvalue weighted by Crippen LogP contribution is 2.38. The highest BCUT2D eigenvalue weighted by atomic mass is 32.1. The molecule has 0 spiro atoms. The van der Waals surface area contributed by atoms with Crippen LogP contribution in [-0.2, 0) is 19.1 Å². The van der Waals surface area contributed by atoms with Gasteiger partial charge in [0.25, 0.3) is 0 Å². The lowest BCUT2D eigenvalue weighted by atomic mass is 10.0. The van der Waals surface area contributed by atoms with Gasteiger partial charge < -0.3 is 39.9 Å². The Balaban J connectivity index is 1.07. The van der Waals surface area contributed by atoms with Gasteiger partial charge in [-0.2, -0.15) is 0 Å². The molecule has 1 aromatic carbocycles. The highest BCUT2D eigenvalue weighted by Gasteiger charge is 2.38. The molecule has 4 amide bonds. The van der Waals surface area contributed by atoms with Crippen molar-refractivity contribution in [1.82, 2.24) is 50.3 Å². The third-order valence-electron chi connectivity index (χ3n) is 9.53. The fourth-order valence-corrected chi connectivity index (χ4v) is 8.75. The normalized spacial score (nSPS) is 18.7. The molecule has 5 aromatic rings. The molecule has 0 aliphatic carbocycles. The summed E-state index contributed by atoms with van der Waals surface area (Å²) in [5, 5.41) is 6.79. The van der Waals surface area contributed by atoms with Gasteiger partial charge in [-0.1, -0.05) is 13.8 Å². The first kappa shape index (κ1) is 35.3. The minimum absolute atomic E-state index is 0.118.